The van der Waals surface area contributed by atoms with Gasteiger partial charge in [0.2, 0.25) is 0 Å². The van der Waals surface area contributed by atoms with Gasteiger partial charge in [-0.25, -0.2) is 0 Å². The second kappa shape index (κ2) is 9.68. The molecule has 40 heavy (non-hydrogen) atoms. The third-order valence-electron chi connectivity index (χ3n) is 7.38. The van der Waals surface area contributed by atoms with Gasteiger partial charge in [0.25, 0.3) is 0 Å². The molecule has 4 nitrogen and oxygen atoms in total. The van der Waals surface area contributed by atoms with Crippen molar-refractivity contribution in [1.29, 1.82) is 0 Å². The molecule has 190 valence electrons. The zero-order valence-corrected chi connectivity index (χ0v) is 21.5. The lowest BCUT2D eigenvalue weighted by Gasteiger charge is -2.09. The molecule has 7 aromatic rings. The molecule has 0 atom stereocenters. The van der Waals surface area contributed by atoms with Crippen molar-refractivity contribution in [1.82, 2.24) is 9.97 Å². The Morgan fingerprint density at radius 1 is 0.350 bits per heavy atom. The van der Waals surface area contributed by atoms with Crippen LogP contribution in [-0.4, -0.2) is 9.97 Å². The summed E-state index contributed by atoms with van der Waals surface area (Å²) in [4.78, 5) is 33.2. The van der Waals surface area contributed by atoms with Gasteiger partial charge < -0.3 is 9.97 Å². The van der Waals surface area contributed by atoms with Crippen LogP contribution in [0.2, 0.25) is 0 Å². The molecule has 4 heteroatoms. The van der Waals surface area contributed by atoms with Crippen molar-refractivity contribution in [3.05, 3.63) is 154 Å². The van der Waals surface area contributed by atoms with E-state index in [1.54, 1.807) is 24.3 Å². The summed E-state index contributed by atoms with van der Waals surface area (Å²) in [6, 6.07) is 43.3. The molecular weight excluding hydrogens is 492 g/mol. The van der Waals surface area contributed by atoms with E-state index in [0.717, 1.165) is 33.4 Å². The van der Waals surface area contributed by atoms with Gasteiger partial charge in [0.1, 0.15) is 0 Å². The minimum absolute atomic E-state index is 0.101. The maximum atomic E-state index is 13.2. The van der Waals surface area contributed by atoms with E-state index < -0.39 is 0 Å². The molecule has 0 aliphatic heterocycles. The molecule has 5 aromatic carbocycles. The third kappa shape index (κ3) is 4.32. The Labute approximate surface area is 230 Å². The summed E-state index contributed by atoms with van der Waals surface area (Å²) in [5.74, 6) is 0. The molecule has 0 unspecified atom stereocenters. The fourth-order valence-electron chi connectivity index (χ4n) is 5.25. The standard InChI is InChI=1S/C36H24N2O2/c39-35-21-31(27-15-11-25(12-16-27)23-7-3-1-4-8-23)37-33-19-30-34(20-29(33)35)38-32(22-36(30)40)28-17-13-26(14-18-28)24-9-5-2-6-10-24/h1-22H,(H,37,39)(H,38,40). The topological polar surface area (TPSA) is 65.7 Å². The van der Waals surface area contributed by atoms with Crippen LogP contribution >= 0.6 is 0 Å². The van der Waals surface area contributed by atoms with E-state index in [-0.39, 0.29) is 10.9 Å². The number of rotatable bonds is 4. The molecule has 0 spiro atoms. The molecule has 0 aliphatic carbocycles. The summed E-state index contributed by atoms with van der Waals surface area (Å²) in [6.45, 7) is 0. The average Bonchev–Trinajstić information content (AvgIpc) is 3.01. The first kappa shape index (κ1) is 23.6. The number of hydrogen-bond donors (Lipinski definition) is 2. The van der Waals surface area contributed by atoms with Gasteiger partial charge in [-0.2, -0.15) is 0 Å². The SMILES string of the molecule is O=c1cc(-c2ccc(-c3ccccc3)cc2)[nH]c2cc3c(=O)cc(-c4ccc(-c5ccccc5)cc4)[nH]c3cc12. The fraction of sp³-hybridized carbons (Fsp3) is 0. The maximum Gasteiger partial charge on any atom is 0.190 e. The monoisotopic (exact) mass is 516 g/mol. The lowest BCUT2D eigenvalue weighted by atomic mass is 10.0. The van der Waals surface area contributed by atoms with Crippen LogP contribution in [0.3, 0.4) is 0 Å². The van der Waals surface area contributed by atoms with Crippen molar-refractivity contribution in [2.45, 2.75) is 0 Å². The summed E-state index contributed by atoms with van der Waals surface area (Å²) in [5, 5.41) is 1.06. The number of H-pyrrole nitrogens is 2. The lowest BCUT2D eigenvalue weighted by Crippen LogP contribution is -2.07. The van der Waals surface area contributed by atoms with Crippen LogP contribution in [0.4, 0.5) is 0 Å². The Balaban J connectivity index is 1.26. The Morgan fingerprint density at radius 2 is 0.675 bits per heavy atom. The molecule has 2 N–H and O–H groups in total. The molecule has 2 heterocycles. The van der Waals surface area contributed by atoms with E-state index in [9.17, 15) is 9.59 Å². The zero-order chi connectivity index (χ0) is 27.1. The van der Waals surface area contributed by atoms with Crippen LogP contribution in [0.5, 0.6) is 0 Å². The van der Waals surface area contributed by atoms with E-state index in [0.29, 0.717) is 33.2 Å². The van der Waals surface area contributed by atoms with Gasteiger partial charge in [0, 0.05) is 34.3 Å². The lowest BCUT2D eigenvalue weighted by molar-refractivity contribution is 1.36. The number of pyridine rings is 2. The predicted octanol–water partition coefficient (Wildman–Crippen LogP) is 8.04. The summed E-state index contributed by atoms with van der Waals surface area (Å²) in [5.41, 5.74) is 8.78. The highest BCUT2D eigenvalue weighted by Gasteiger charge is 2.11. The molecule has 0 aliphatic rings. The third-order valence-corrected chi connectivity index (χ3v) is 7.38. The molecule has 0 saturated carbocycles. The van der Waals surface area contributed by atoms with Crippen molar-refractivity contribution >= 4 is 21.8 Å². The van der Waals surface area contributed by atoms with Gasteiger partial charge in [0.05, 0.1) is 11.0 Å². The number of nitrogens with one attached hydrogen (secondary N) is 2. The zero-order valence-electron chi connectivity index (χ0n) is 21.5. The molecule has 0 fully saturated rings. The summed E-state index contributed by atoms with van der Waals surface area (Å²) >= 11 is 0. The molecular formula is C36H24N2O2. The van der Waals surface area contributed by atoms with Crippen LogP contribution in [-0.2, 0) is 0 Å². The van der Waals surface area contributed by atoms with Gasteiger partial charge in [0.15, 0.2) is 10.9 Å². The minimum atomic E-state index is -0.101. The largest absolute Gasteiger partial charge is 0.354 e. The molecule has 2 aromatic heterocycles. The smallest absolute Gasteiger partial charge is 0.190 e. The Hall–Kier alpha value is -5.48. The van der Waals surface area contributed by atoms with Crippen molar-refractivity contribution in [2.24, 2.45) is 0 Å². The van der Waals surface area contributed by atoms with E-state index in [1.165, 1.54) is 0 Å². The van der Waals surface area contributed by atoms with E-state index >= 15 is 0 Å². The highest BCUT2D eigenvalue weighted by molar-refractivity contribution is 5.96. The van der Waals surface area contributed by atoms with Crippen molar-refractivity contribution < 1.29 is 0 Å². The highest BCUT2D eigenvalue weighted by atomic mass is 16.1. The Bertz CT molecular complexity index is 1950. The van der Waals surface area contributed by atoms with Crippen LogP contribution in [0.1, 0.15) is 0 Å². The number of aromatic amines is 2. The van der Waals surface area contributed by atoms with Crippen LogP contribution in [0, 0.1) is 0 Å². The molecule has 7 rings (SSSR count). The Kier molecular flexibility index (Phi) is 5.72. The van der Waals surface area contributed by atoms with Gasteiger partial charge >= 0.3 is 0 Å². The predicted molar refractivity (Wildman–Crippen MR) is 164 cm³/mol. The van der Waals surface area contributed by atoms with Gasteiger partial charge in [-0.15, -0.1) is 0 Å². The van der Waals surface area contributed by atoms with E-state index in [2.05, 4.69) is 34.2 Å². The fourth-order valence-corrected chi connectivity index (χ4v) is 5.25. The number of hydrogen-bond acceptors (Lipinski definition) is 2. The van der Waals surface area contributed by atoms with Gasteiger partial charge in [-0.05, 0) is 45.5 Å². The molecule has 0 amide bonds. The minimum Gasteiger partial charge on any atom is -0.354 e. The summed E-state index contributed by atoms with van der Waals surface area (Å²) in [7, 11) is 0. The molecule has 0 saturated heterocycles. The first-order valence-corrected chi connectivity index (χ1v) is 13.2. The Morgan fingerprint density at radius 3 is 1.05 bits per heavy atom. The number of aromatic nitrogens is 2. The molecule has 0 bridgehead atoms. The van der Waals surface area contributed by atoms with Crippen LogP contribution in [0.15, 0.2) is 143 Å². The van der Waals surface area contributed by atoms with Crippen LogP contribution in [0.25, 0.3) is 66.6 Å². The number of benzene rings is 5. The van der Waals surface area contributed by atoms with Crippen molar-refractivity contribution in [3.63, 3.8) is 0 Å². The first-order valence-electron chi connectivity index (χ1n) is 13.2. The normalized spacial score (nSPS) is 11.2. The first-order chi connectivity index (χ1) is 19.6. The number of fused-ring (bicyclic) bond motifs is 2. The van der Waals surface area contributed by atoms with Crippen molar-refractivity contribution in [2.75, 3.05) is 0 Å². The van der Waals surface area contributed by atoms with Gasteiger partial charge in [-0.1, -0.05) is 109 Å². The summed E-state index contributed by atoms with van der Waals surface area (Å²) in [6.07, 6.45) is 0. The van der Waals surface area contributed by atoms with E-state index in [4.69, 9.17) is 0 Å². The second-order valence-corrected chi connectivity index (χ2v) is 9.92. The summed E-state index contributed by atoms with van der Waals surface area (Å²) < 4.78 is 0. The van der Waals surface area contributed by atoms with Crippen LogP contribution < -0.4 is 10.9 Å². The second-order valence-electron chi connectivity index (χ2n) is 9.92. The quantitative estimate of drug-likeness (QED) is 0.233. The van der Waals surface area contributed by atoms with Crippen molar-refractivity contribution in [3.8, 4) is 44.8 Å². The molecule has 0 radical (unpaired) electrons. The highest BCUT2D eigenvalue weighted by Crippen LogP contribution is 2.27. The maximum absolute atomic E-state index is 13.2. The van der Waals surface area contributed by atoms with E-state index in [1.807, 2.05) is 84.9 Å². The van der Waals surface area contributed by atoms with Gasteiger partial charge in [-0.3, -0.25) is 9.59 Å². The average molecular weight is 517 g/mol.